The quantitative estimate of drug-likeness (QED) is 0.323. The summed E-state index contributed by atoms with van der Waals surface area (Å²) in [5.74, 6) is 1.17. The zero-order valence-electron chi connectivity index (χ0n) is 20.9. The predicted molar refractivity (Wildman–Crippen MR) is 145 cm³/mol. The number of anilines is 1. The number of sulfonamides is 1. The molecule has 1 N–H and O–H groups in total. The van der Waals surface area contributed by atoms with Crippen LogP contribution >= 0.6 is 0 Å². The summed E-state index contributed by atoms with van der Waals surface area (Å²) >= 11 is 0. The molecule has 2 fully saturated rings. The molecule has 4 aromatic rings. The van der Waals surface area contributed by atoms with Crippen LogP contribution in [0, 0.1) is 11.7 Å². The first-order valence-corrected chi connectivity index (χ1v) is 16.3. The molecular formula is C27H28FN3O5S2. The zero-order chi connectivity index (χ0) is 26.7. The summed E-state index contributed by atoms with van der Waals surface area (Å²) in [5, 5.41) is 0.792. The number of furan rings is 1. The van der Waals surface area contributed by atoms with Gasteiger partial charge >= 0.3 is 0 Å². The Bertz CT molecular complexity index is 1710. The van der Waals surface area contributed by atoms with Gasteiger partial charge in [0, 0.05) is 36.0 Å². The summed E-state index contributed by atoms with van der Waals surface area (Å²) in [6.45, 7) is 0.195. The lowest BCUT2D eigenvalue weighted by atomic mass is 10.00. The molecule has 0 amide bonds. The molecule has 3 heterocycles. The summed E-state index contributed by atoms with van der Waals surface area (Å²) in [7, 11) is -6.71. The van der Waals surface area contributed by atoms with Crippen molar-refractivity contribution in [2.24, 2.45) is 5.92 Å². The van der Waals surface area contributed by atoms with Crippen molar-refractivity contribution >= 4 is 36.5 Å². The van der Waals surface area contributed by atoms with Crippen molar-refractivity contribution in [3.8, 4) is 22.7 Å². The minimum absolute atomic E-state index is 0.0587. The Morgan fingerprint density at radius 1 is 1.16 bits per heavy atom. The van der Waals surface area contributed by atoms with Crippen molar-refractivity contribution in [3.63, 3.8) is 0 Å². The van der Waals surface area contributed by atoms with Gasteiger partial charge in [-0.3, -0.25) is 4.31 Å². The van der Waals surface area contributed by atoms with Crippen molar-refractivity contribution in [2.75, 3.05) is 28.6 Å². The molecule has 0 radical (unpaired) electrons. The smallest absolute Gasteiger partial charge is 0.232 e. The normalized spacial score (nSPS) is 19.3. The molecule has 8 nitrogen and oxygen atoms in total. The lowest BCUT2D eigenvalue weighted by molar-refractivity contribution is 0.542. The van der Waals surface area contributed by atoms with Crippen LogP contribution in [0.25, 0.3) is 33.7 Å². The fraction of sp³-hybridized carbons (Fsp3) is 0.370. The van der Waals surface area contributed by atoms with Gasteiger partial charge in [0.2, 0.25) is 10.0 Å². The Labute approximate surface area is 220 Å². The van der Waals surface area contributed by atoms with Gasteiger partial charge in [-0.2, -0.15) is 0 Å². The van der Waals surface area contributed by atoms with Crippen LogP contribution in [0.4, 0.5) is 10.1 Å². The Balaban J connectivity index is 1.49. The van der Waals surface area contributed by atoms with Crippen molar-refractivity contribution in [3.05, 3.63) is 60.2 Å². The van der Waals surface area contributed by atoms with Crippen molar-refractivity contribution in [2.45, 2.75) is 31.6 Å². The van der Waals surface area contributed by atoms with Gasteiger partial charge in [0.15, 0.2) is 9.84 Å². The van der Waals surface area contributed by atoms with Crippen LogP contribution in [0.3, 0.4) is 0 Å². The molecule has 1 saturated carbocycles. The minimum Gasteiger partial charge on any atom is -0.455 e. The second-order valence-corrected chi connectivity index (χ2v) is 14.5. The molecule has 38 heavy (non-hydrogen) atoms. The topological polar surface area (TPSA) is 113 Å². The van der Waals surface area contributed by atoms with Crippen molar-refractivity contribution in [1.29, 1.82) is 0 Å². The highest BCUT2D eigenvalue weighted by atomic mass is 32.2. The number of imidazole rings is 1. The molecule has 2 aliphatic rings. The SMILES string of the molecule is CS(=O)(=O)N(CCC1CCS(=O)(=O)C1)c1cc2oc(-c3ccc(F)cc3)c(-c3ncc[nH]3)c2cc1C1CC1. The second kappa shape index (κ2) is 9.23. The Kier molecular flexibility index (Phi) is 6.10. The number of benzene rings is 2. The fourth-order valence-corrected chi connectivity index (χ4v) is 8.26. The standard InChI is InChI=1S/C27H28FN3O5S2/c1-37(32,33)31(12-8-17-9-13-38(34,35)16-17)23-15-24-22(14-21(23)18-2-3-18)25(27-29-10-11-30-27)26(36-24)19-4-6-20(28)7-5-19/h4-7,10-11,14-15,17-18H,2-3,8-9,12-13,16H2,1H3,(H,29,30). The summed E-state index contributed by atoms with van der Waals surface area (Å²) in [6, 6.07) is 9.78. The van der Waals surface area contributed by atoms with E-state index >= 15 is 0 Å². The van der Waals surface area contributed by atoms with E-state index in [2.05, 4.69) is 9.97 Å². The van der Waals surface area contributed by atoms with Crippen LogP contribution in [0.2, 0.25) is 0 Å². The van der Waals surface area contributed by atoms with Gasteiger partial charge in [-0.1, -0.05) is 0 Å². The number of aromatic amines is 1. The van der Waals surface area contributed by atoms with E-state index in [9.17, 15) is 21.2 Å². The third-order valence-electron chi connectivity index (χ3n) is 7.43. The summed E-state index contributed by atoms with van der Waals surface area (Å²) in [4.78, 5) is 7.58. The lowest BCUT2D eigenvalue weighted by Crippen LogP contribution is -2.33. The molecule has 200 valence electrons. The Morgan fingerprint density at radius 3 is 2.53 bits per heavy atom. The number of halogens is 1. The van der Waals surface area contributed by atoms with Crippen molar-refractivity contribution in [1.82, 2.24) is 9.97 Å². The number of H-pyrrole nitrogens is 1. The maximum atomic E-state index is 13.7. The predicted octanol–water partition coefficient (Wildman–Crippen LogP) is 5.10. The monoisotopic (exact) mass is 557 g/mol. The summed E-state index contributed by atoms with van der Waals surface area (Å²) < 4.78 is 71.4. The Morgan fingerprint density at radius 2 is 1.92 bits per heavy atom. The maximum absolute atomic E-state index is 13.7. The summed E-state index contributed by atoms with van der Waals surface area (Å²) in [5.41, 5.74) is 3.38. The minimum atomic E-state index is -3.66. The average molecular weight is 558 g/mol. The van der Waals surface area contributed by atoms with E-state index in [1.165, 1.54) is 22.7 Å². The first kappa shape index (κ1) is 25.1. The molecule has 2 aromatic heterocycles. The van der Waals surface area contributed by atoms with Crippen LogP contribution in [-0.4, -0.2) is 51.1 Å². The van der Waals surface area contributed by atoms with Gasteiger partial charge in [-0.15, -0.1) is 0 Å². The number of nitrogens with one attached hydrogen (secondary N) is 1. The van der Waals surface area contributed by atoms with Crippen molar-refractivity contribution < 1.29 is 25.6 Å². The second-order valence-electron chi connectivity index (χ2n) is 10.3. The number of hydrogen-bond acceptors (Lipinski definition) is 6. The van der Waals surface area contributed by atoms with Crippen LogP contribution in [0.1, 0.15) is 37.2 Å². The van der Waals surface area contributed by atoms with Crippen LogP contribution < -0.4 is 4.31 Å². The van der Waals surface area contributed by atoms with Gasteiger partial charge in [0.25, 0.3) is 0 Å². The highest BCUT2D eigenvalue weighted by molar-refractivity contribution is 7.92. The van der Waals surface area contributed by atoms with Crippen LogP contribution in [-0.2, 0) is 19.9 Å². The zero-order valence-corrected chi connectivity index (χ0v) is 22.5. The third kappa shape index (κ3) is 4.84. The number of fused-ring (bicyclic) bond motifs is 1. The van der Waals surface area contributed by atoms with E-state index < -0.39 is 19.9 Å². The summed E-state index contributed by atoms with van der Waals surface area (Å²) in [6.07, 6.45) is 7.47. The van der Waals surface area contributed by atoms with E-state index in [4.69, 9.17) is 4.42 Å². The molecule has 1 atom stereocenters. The highest BCUT2D eigenvalue weighted by Crippen LogP contribution is 2.49. The lowest BCUT2D eigenvalue weighted by Gasteiger charge is -2.26. The maximum Gasteiger partial charge on any atom is 0.232 e. The third-order valence-corrected chi connectivity index (χ3v) is 10.4. The van der Waals surface area contributed by atoms with Crippen LogP contribution in [0.15, 0.2) is 53.2 Å². The molecule has 1 unspecified atom stereocenters. The number of rotatable bonds is 8. The van der Waals surface area contributed by atoms with E-state index in [0.717, 1.165) is 29.4 Å². The fourth-order valence-electron chi connectivity index (χ4n) is 5.39. The van der Waals surface area contributed by atoms with E-state index in [-0.39, 0.29) is 35.7 Å². The first-order valence-electron chi connectivity index (χ1n) is 12.6. The van der Waals surface area contributed by atoms with Crippen LogP contribution in [0.5, 0.6) is 0 Å². The number of sulfone groups is 1. The van der Waals surface area contributed by atoms with E-state index in [1.807, 2.05) is 6.07 Å². The molecule has 1 aliphatic carbocycles. The van der Waals surface area contributed by atoms with Gasteiger partial charge < -0.3 is 9.40 Å². The first-order chi connectivity index (χ1) is 18.1. The van der Waals surface area contributed by atoms with Gasteiger partial charge in [0.1, 0.15) is 23.0 Å². The molecule has 1 saturated heterocycles. The average Bonchev–Trinajstić information content (AvgIpc) is 3.25. The largest absolute Gasteiger partial charge is 0.455 e. The molecule has 2 aromatic carbocycles. The molecule has 11 heteroatoms. The van der Waals surface area contributed by atoms with E-state index in [1.54, 1.807) is 30.6 Å². The molecular weight excluding hydrogens is 529 g/mol. The van der Waals surface area contributed by atoms with E-state index in [0.29, 0.717) is 41.3 Å². The van der Waals surface area contributed by atoms with Gasteiger partial charge in [0.05, 0.1) is 29.0 Å². The number of hydrogen-bond donors (Lipinski definition) is 1. The highest BCUT2D eigenvalue weighted by Gasteiger charge is 2.34. The van der Waals surface area contributed by atoms with Gasteiger partial charge in [-0.05, 0) is 73.4 Å². The number of aromatic nitrogens is 2. The molecule has 1 aliphatic heterocycles. The Hall–Kier alpha value is -3.18. The van der Waals surface area contributed by atoms with Gasteiger partial charge in [-0.25, -0.2) is 26.2 Å². The molecule has 0 spiro atoms. The molecule has 0 bridgehead atoms. The molecule has 6 rings (SSSR count). The number of nitrogens with zero attached hydrogens (tertiary/aromatic N) is 2.